The standard InChI is InChI=1S/C11H15ClN2O.ClH/c1-9-7-10(12)8-11(14(9)15)13-5-3-2-4-6-13;/h7-8H,2-6H2,1H3;1H. The van der Waals surface area contributed by atoms with E-state index < -0.39 is 0 Å². The number of hydrogen-bond acceptors (Lipinski definition) is 2. The maximum absolute atomic E-state index is 11.8. The first-order valence-electron chi connectivity index (χ1n) is 5.33. The molecule has 0 aromatic carbocycles. The fourth-order valence-electron chi connectivity index (χ4n) is 2.01. The van der Waals surface area contributed by atoms with Gasteiger partial charge < -0.3 is 5.21 Å². The second kappa shape index (κ2) is 5.60. The Hall–Kier alpha value is -0.670. The van der Waals surface area contributed by atoms with Crippen molar-refractivity contribution < 1.29 is 4.73 Å². The highest BCUT2D eigenvalue weighted by Gasteiger charge is 2.21. The van der Waals surface area contributed by atoms with Crippen LogP contribution in [0.5, 0.6) is 0 Å². The Balaban J connectivity index is 0.00000128. The Morgan fingerprint density at radius 2 is 1.88 bits per heavy atom. The molecule has 0 saturated carbocycles. The molecule has 1 aromatic rings. The quantitative estimate of drug-likeness (QED) is 0.576. The second-order valence-electron chi connectivity index (χ2n) is 4.02. The van der Waals surface area contributed by atoms with Gasteiger partial charge in [0.05, 0.1) is 18.1 Å². The van der Waals surface area contributed by atoms with Gasteiger partial charge in [-0.15, -0.1) is 12.4 Å². The average Bonchev–Trinajstić information content (AvgIpc) is 2.24. The van der Waals surface area contributed by atoms with E-state index in [-0.39, 0.29) is 12.4 Å². The van der Waals surface area contributed by atoms with Crippen LogP contribution in [0.1, 0.15) is 25.0 Å². The molecule has 1 aliphatic rings. The number of pyridine rings is 1. The topological polar surface area (TPSA) is 30.2 Å². The summed E-state index contributed by atoms with van der Waals surface area (Å²) < 4.78 is 0.969. The number of nitrogens with zero attached hydrogens (tertiary/aromatic N) is 2. The maximum atomic E-state index is 11.8. The Kier molecular flexibility index (Phi) is 4.69. The monoisotopic (exact) mass is 262 g/mol. The highest BCUT2D eigenvalue weighted by atomic mass is 35.5. The van der Waals surface area contributed by atoms with Gasteiger partial charge in [-0.2, -0.15) is 0 Å². The molecule has 0 aliphatic carbocycles. The van der Waals surface area contributed by atoms with E-state index in [4.69, 9.17) is 11.6 Å². The molecule has 1 aromatic heterocycles. The molecule has 0 unspecified atom stereocenters. The van der Waals surface area contributed by atoms with Crippen LogP contribution in [0, 0.1) is 12.1 Å². The first-order chi connectivity index (χ1) is 7.18. The summed E-state index contributed by atoms with van der Waals surface area (Å²) in [4.78, 5) is 2.12. The van der Waals surface area contributed by atoms with E-state index in [0.717, 1.165) is 30.7 Å². The van der Waals surface area contributed by atoms with Crippen LogP contribution in [-0.4, -0.2) is 13.1 Å². The van der Waals surface area contributed by atoms with E-state index in [2.05, 4.69) is 4.90 Å². The summed E-state index contributed by atoms with van der Waals surface area (Å²) >= 11 is 5.96. The molecule has 2 rings (SSSR count). The van der Waals surface area contributed by atoms with E-state index in [1.165, 1.54) is 6.42 Å². The fourth-order valence-corrected chi connectivity index (χ4v) is 2.26. The Morgan fingerprint density at radius 3 is 2.50 bits per heavy atom. The smallest absolute Gasteiger partial charge is 0.281 e. The van der Waals surface area contributed by atoms with Crippen molar-refractivity contribution in [1.29, 1.82) is 0 Å². The van der Waals surface area contributed by atoms with E-state index >= 15 is 0 Å². The molecule has 0 N–H and O–H groups in total. The van der Waals surface area contributed by atoms with E-state index in [9.17, 15) is 5.21 Å². The van der Waals surface area contributed by atoms with Crippen molar-refractivity contribution in [2.24, 2.45) is 0 Å². The highest BCUT2D eigenvalue weighted by Crippen LogP contribution is 2.20. The van der Waals surface area contributed by atoms with E-state index in [1.54, 1.807) is 19.1 Å². The predicted octanol–water partition coefficient (Wildman–Crippen LogP) is 2.69. The first-order valence-corrected chi connectivity index (χ1v) is 5.71. The maximum Gasteiger partial charge on any atom is 0.281 e. The van der Waals surface area contributed by atoms with Crippen molar-refractivity contribution in [3.05, 3.63) is 28.1 Å². The largest absolute Gasteiger partial charge is 0.710 e. The lowest BCUT2D eigenvalue weighted by molar-refractivity contribution is -0.599. The zero-order valence-corrected chi connectivity index (χ0v) is 10.9. The molecule has 2 heterocycles. The minimum absolute atomic E-state index is 0. The van der Waals surface area contributed by atoms with Crippen molar-refractivity contribution in [3.8, 4) is 0 Å². The molecule has 1 saturated heterocycles. The van der Waals surface area contributed by atoms with Crippen LogP contribution in [0.25, 0.3) is 0 Å². The van der Waals surface area contributed by atoms with Gasteiger partial charge in [-0.05, 0) is 32.3 Å². The van der Waals surface area contributed by atoms with Gasteiger partial charge >= 0.3 is 0 Å². The molecule has 90 valence electrons. The number of halogens is 2. The normalized spacial score (nSPS) is 15.8. The van der Waals surface area contributed by atoms with E-state index in [0.29, 0.717) is 16.5 Å². The minimum atomic E-state index is 0. The van der Waals surface area contributed by atoms with Crippen molar-refractivity contribution in [2.75, 3.05) is 18.0 Å². The molecule has 1 fully saturated rings. The van der Waals surface area contributed by atoms with Crippen molar-refractivity contribution >= 4 is 29.8 Å². The number of rotatable bonds is 1. The van der Waals surface area contributed by atoms with Gasteiger partial charge in [-0.3, -0.25) is 4.90 Å². The van der Waals surface area contributed by atoms with Crippen LogP contribution < -0.4 is 9.63 Å². The SMILES string of the molecule is Cc1cc(Cl)cc(N2CCCCC2)[n+]1[O-].Cl. The van der Waals surface area contributed by atoms with Crippen molar-refractivity contribution in [3.63, 3.8) is 0 Å². The number of hydrogen-bond donors (Lipinski definition) is 0. The number of aromatic nitrogens is 1. The third-order valence-corrected chi connectivity index (χ3v) is 3.04. The third-order valence-electron chi connectivity index (χ3n) is 2.82. The van der Waals surface area contributed by atoms with Crippen LogP contribution in [-0.2, 0) is 0 Å². The number of piperidine rings is 1. The van der Waals surface area contributed by atoms with Crippen LogP contribution in [0.4, 0.5) is 5.82 Å². The van der Waals surface area contributed by atoms with Gasteiger partial charge in [-0.1, -0.05) is 11.6 Å². The van der Waals surface area contributed by atoms with Gasteiger partial charge in [0.15, 0.2) is 0 Å². The Bertz CT molecular complexity index is 365. The lowest BCUT2D eigenvalue weighted by Gasteiger charge is -2.25. The van der Waals surface area contributed by atoms with E-state index in [1.807, 2.05) is 0 Å². The lowest BCUT2D eigenvalue weighted by atomic mass is 10.1. The van der Waals surface area contributed by atoms with Gasteiger partial charge in [0, 0.05) is 6.07 Å². The third kappa shape index (κ3) is 2.71. The van der Waals surface area contributed by atoms with Gasteiger partial charge in [0.2, 0.25) is 0 Å². The molecule has 0 bridgehead atoms. The van der Waals surface area contributed by atoms with Crippen LogP contribution in [0.2, 0.25) is 5.02 Å². The summed E-state index contributed by atoms with van der Waals surface area (Å²) in [5.74, 6) is 0.694. The average molecular weight is 263 g/mol. The molecule has 0 spiro atoms. The molecular formula is C11H16Cl2N2O. The predicted molar refractivity (Wildman–Crippen MR) is 68.5 cm³/mol. The summed E-state index contributed by atoms with van der Waals surface area (Å²) in [5, 5.41) is 12.5. The molecule has 5 heteroatoms. The highest BCUT2D eigenvalue weighted by molar-refractivity contribution is 6.30. The molecule has 16 heavy (non-hydrogen) atoms. The fraction of sp³-hybridized carbons (Fsp3) is 0.545. The first kappa shape index (κ1) is 13.4. The van der Waals surface area contributed by atoms with Crippen LogP contribution in [0.15, 0.2) is 12.1 Å². The number of aryl methyl sites for hydroxylation is 1. The zero-order valence-electron chi connectivity index (χ0n) is 9.28. The Labute approximate surface area is 107 Å². The molecule has 0 atom stereocenters. The van der Waals surface area contributed by atoms with Crippen molar-refractivity contribution in [2.45, 2.75) is 26.2 Å². The molecule has 0 amide bonds. The molecule has 1 aliphatic heterocycles. The summed E-state index contributed by atoms with van der Waals surface area (Å²) in [6, 6.07) is 3.45. The van der Waals surface area contributed by atoms with Gasteiger partial charge in [-0.25, -0.2) is 4.73 Å². The van der Waals surface area contributed by atoms with Crippen LogP contribution in [0.3, 0.4) is 0 Å². The van der Waals surface area contributed by atoms with Gasteiger partial charge in [0.1, 0.15) is 5.69 Å². The Morgan fingerprint density at radius 1 is 1.25 bits per heavy atom. The number of anilines is 1. The summed E-state index contributed by atoms with van der Waals surface area (Å²) in [7, 11) is 0. The molecule has 3 nitrogen and oxygen atoms in total. The minimum Gasteiger partial charge on any atom is -0.710 e. The lowest BCUT2D eigenvalue weighted by Crippen LogP contribution is -2.42. The summed E-state index contributed by atoms with van der Waals surface area (Å²) in [6.07, 6.45) is 3.58. The second-order valence-corrected chi connectivity index (χ2v) is 4.45. The summed E-state index contributed by atoms with van der Waals surface area (Å²) in [5.41, 5.74) is 0.656. The molecular weight excluding hydrogens is 247 g/mol. The van der Waals surface area contributed by atoms with Crippen LogP contribution >= 0.6 is 24.0 Å². The molecule has 0 radical (unpaired) electrons. The zero-order chi connectivity index (χ0) is 10.8. The van der Waals surface area contributed by atoms with Crippen molar-refractivity contribution in [1.82, 2.24) is 0 Å². The summed E-state index contributed by atoms with van der Waals surface area (Å²) in [6.45, 7) is 3.70. The van der Waals surface area contributed by atoms with Gasteiger partial charge in [0.25, 0.3) is 5.82 Å².